The molecule has 0 saturated heterocycles. The number of hydrogen-bond acceptors (Lipinski definition) is 2. The van der Waals surface area contributed by atoms with Gasteiger partial charge in [-0.25, -0.2) is 4.79 Å². The van der Waals surface area contributed by atoms with Crippen LogP contribution in [-0.4, -0.2) is 21.6 Å². The van der Waals surface area contributed by atoms with E-state index in [-0.39, 0.29) is 5.56 Å². The zero-order valence-electron chi connectivity index (χ0n) is 9.55. The minimum atomic E-state index is -1.06. The molecule has 3 N–H and O–H groups in total. The van der Waals surface area contributed by atoms with Crippen molar-refractivity contribution in [1.82, 2.24) is 4.57 Å². The number of rotatable bonds is 3. The molecular weight excluding hydrogens is 256 g/mol. The van der Waals surface area contributed by atoms with E-state index < -0.39 is 17.9 Å². The number of primary amides is 1. The van der Waals surface area contributed by atoms with Crippen LogP contribution in [0.25, 0.3) is 10.9 Å². The second kappa shape index (κ2) is 4.34. The molecule has 0 fully saturated rings. The molecule has 94 valence electrons. The van der Waals surface area contributed by atoms with E-state index >= 15 is 0 Å². The molecule has 0 radical (unpaired) electrons. The number of nitrogens with two attached hydrogens (primary N) is 1. The van der Waals surface area contributed by atoms with Gasteiger partial charge >= 0.3 is 5.97 Å². The van der Waals surface area contributed by atoms with Crippen LogP contribution in [0.1, 0.15) is 23.3 Å². The molecule has 1 aromatic heterocycles. The van der Waals surface area contributed by atoms with Gasteiger partial charge in [0.1, 0.15) is 6.04 Å². The zero-order valence-corrected chi connectivity index (χ0v) is 10.3. The maximum Gasteiger partial charge on any atom is 0.337 e. The van der Waals surface area contributed by atoms with Crippen LogP contribution in [0.15, 0.2) is 24.4 Å². The van der Waals surface area contributed by atoms with E-state index in [1.165, 1.54) is 10.8 Å². The second-order valence-corrected chi connectivity index (χ2v) is 4.43. The maximum atomic E-state index is 11.2. The molecule has 6 heteroatoms. The van der Waals surface area contributed by atoms with Crippen LogP contribution < -0.4 is 5.73 Å². The van der Waals surface area contributed by atoms with Gasteiger partial charge in [0, 0.05) is 16.6 Å². The number of amides is 1. The van der Waals surface area contributed by atoms with Gasteiger partial charge in [0.2, 0.25) is 5.91 Å². The normalized spacial score (nSPS) is 12.6. The first-order valence-electron chi connectivity index (χ1n) is 5.24. The van der Waals surface area contributed by atoms with Crippen molar-refractivity contribution < 1.29 is 14.7 Å². The first-order chi connectivity index (χ1) is 8.41. The molecule has 0 saturated carbocycles. The van der Waals surface area contributed by atoms with E-state index in [4.69, 9.17) is 22.4 Å². The third-order valence-corrected chi connectivity index (χ3v) is 3.09. The summed E-state index contributed by atoms with van der Waals surface area (Å²) in [6.45, 7) is 1.61. The molecule has 1 atom stereocenters. The lowest BCUT2D eigenvalue weighted by Crippen LogP contribution is -2.23. The van der Waals surface area contributed by atoms with Crippen molar-refractivity contribution >= 4 is 34.4 Å². The highest BCUT2D eigenvalue weighted by Gasteiger charge is 2.19. The van der Waals surface area contributed by atoms with Gasteiger partial charge in [-0.3, -0.25) is 4.79 Å². The van der Waals surface area contributed by atoms with Crippen LogP contribution in [0.3, 0.4) is 0 Å². The summed E-state index contributed by atoms with van der Waals surface area (Å²) in [5, 5.41) is 10.1. The Morgan fingerprint density at radius 3 is 2.67 bits per heavy atom. The first-order valence-corrected chi connectivity index (χ1v) is 5.62. The van der Waals surface area contributed by atoms with Gasteiger partial charge in [-0.2, -0.15) is 0 Å². The molecule has 0 aliphatic rings. The SMILES string of the molecule is CC(C(N)=O)n1cc(C(=O)O)c2ccc(Cl)cc21. The molecule has 5 nitrogen and oxygen atoms in total. The minimum absolute atomic E-state index is 0.120. The number of halogens is 1. The summed E-state index contributed by atoms with van der Waals surface area (Å²) >= 11 is 5.89. The van der Waals surface area contributed by atoms with Crippen molar-refractivity contribution in [3.63, 3.8) is 0 Å². The average molecular weight is 267 g/mol. The van der Waals surface area contributed by atoms with Crippen molar-refractivity contribution in [2.75, 3.05) is 0 Å². The zero-order chi connectivity index (χ0) is 13.4. The van der Waals surface area contributed by atoms with Gasteiger partial charge < -0.3 is 15.4 Å². The molecule has 2 rings (SSSR count). The number of carbonyl (C=O) groups is 2. The molecular formula is C12H11ClN2O3. The number of carboxylic acids is 1. The highest BCUT2D eigenvalue weighted by atomic mass is 35.5. The molecule has 0 spiro atoms. The third-order valence-electron chi connectivity index (χ3n) is 2.86. The predicted octanol–water partition coefficient (Wildman–Crippen LogP) is 2.04. The minimum Gasteiger partial charge on any atom is -0.478 e. The lowest BCUT2D eigenvalue weighted by Gasteiger charge is -2.11. The summed E-state index contributed by atoms with van der Waals surface area (Å²) in [6.07, 6.45) is 1.40. The van der Waals surface area contributed by atoms with Crippen LogP contribution in [0.2, 0.25) is 5.02 Å². The van der Waals surface area contributed by atoms with E-state index in [0.29, 0.717) is 15.9 Å². The molecule has 0 bridgehead atoms. The monoisotopic (exact) mass is 266 g/mol. The second-order valence-electron chi connectivity index (χ2n) is 4.00. The molecule has 1 unspecified atom stereocenters. The Balaban J connectivity index is 2.77. The van der Waals surface area contributed by atoms with Crippen molar-refractivity contribution in [1.29, 1.82) is 0 Å². The van der Waals surface area contributed by atoms with Gasteiger partial charge in [0.15, 0.2) is 0 Å². The topological polar surface area (TPSA) is 85.3 Å². The highest BCUT2D eigenvalue weighted by molar-refractivity contribution is 6.31. The van der Waals surface area contributed by atoms with Gasteiger partial charge in [-0.1, -0.05) is 17.7 Å². The summed E-state index contributed by atoms with van der Waals surface area (Å²) in [5.74, 6) is -1.60. The molecule has 2 aromatic rings. The Morgan fingerprint density at radius 2 is 2.11 bits per heavy atom. The quantitative estimate of drug-likeness (QED) is 0.891. The lowest BCUT2D eigenvalue weighted by molar-refractivity contribution is -0.120. The van der Waals surface area contributed by atoms with Crippen LogP contribution in [-0.2, 0) is 4.79 Å². The fourth-order valence-electron chi connectivity index (χ4n) is 1.85. The lowest BCUT2D eigenvalue weighted by atomic mass is 10.2. The Morgan fingerprint density at radius 1 is 1.44 bits per heavy atom. The van der Waals surface area contributed by atoms with Gasteiger partial charge in [-0.05, 0) is 19.1 Å². The molecule has 0 aliphatic carbocycles. The summed E-state index contributed by atoms with van der Waals surface area (Å²) in [5.41, 5.74) is 5.94. The van der Waals surface area contributed by atoms with E-state index in [9.17, 15) is 9.59 Å². The van der Waals surface area contributed by atoms with E-state index in [1.807, 2.05) is 0 Å². The molecule has 1 aromatic carbocycles. The van der Waals surface area contributed by atoms with Gasteiger partial charge in [-0.15, -0.1) is 0 Å². The fraction of sp³-hybridized carbons (Fsp3) is 0.167. The molecule has 18 heavy (non-hydrogen) atoms. The summed E-state index contributed by atoms with van der Waals surface area (Å²) < 4.78 is 1.52. The predicted molar refractivity (Wildman–Crippen MR) is 67.8 cm³/mol. The van der Waals surface area contributed by atoms with E-state index in [0.717, 1.165) is 0 Å². The number of hydrogen-bond donors (Lipinski definition) is 2. The summed E-state index contributed by atoms with van der Waals surface area (Å²) in [4.78, 5) is 22.4. The molecule has 1 amide bonds. The van der Waals surface area contributed by atoms with Crippen LogP contribution in [0.4, 0.5) is 0 Å². The number of aromatic carboxylic acids is 1. The fourth-order valence-corrected chi connectivity index (χ4v) is 2.02. The highest BCUT2D eigenvalue weighted by Crippen LogP contribution is 2.27. The van der Waals surface area contributed by atoms with Crippen molar-refractivity contribution in [3.05, 3.63) is 35.0 Å². The Labute approximate surface area is 108 Å². The first kappa shape index (κ1) is 12.4. The number of nitrogens with zero attached hydrogens (tertiary/aromatic N) is 1. The molecule has 0 aliphatic heterocycles. The van der Waals surface area contributed by atoms with E-state index in [2.05, 4.69) is 0 Å². The number of fused-ring (bicyclic) bond motifs is 1. The average Bonchev–Trinajstić information content (AvgIpc) is 2.66. The maximum absolute atomic E-state index is 11.2. The van der Waals surface area contributed by atoms with Gasteiger partial charge in [0.05, 0.1) is 11.1 Å². The number of carboxylic acid groups (broad SMARTS) is 1. The van der Waals surface area contributed by atoms with Crippen molar-refractivity contribution in [3.8, 4) is 0 Å². The number of aromatic nitrogens is 1. The number of benzene rings is 1. The smallest absolute Gasteiger partial charge is 0.337 e. The van der Waals surface area contributed by atoms with Gasteiger partial charge in [0.25, 0.3) is 0 Å². The Hall–Kier alpha value is -2.01. The molecule has 1 heterocycles. The standard InChI is InChI=1S/C12H11ClN2O3/c1-6(11(14)16)15-5-9(12(17)18)8-3-2-7(13)4-10(8)15/h2-6H,1H3,(H2,14,16)(H,17,18). The summed E-state index contributed by atoms with van der Waals surface area (Å²) in [7, 11) is 0. The Kier molecular flexibility index (Phi) is 3.00. The van der Waals surface area contributed by atoms with Crippen LogP contribution >= 0.6 is 11.6 Å². The van der Waals surface area contributed by atoms with Crippen LogP contribution in [0.5, 0.6) is 0 Å². The van der Waals surface area contributed by atoms with Crippen molar-refractivity contribution in [2.45, 2.75) is 13.0 Å². The largest absolute Gasteiger partial charge is 0.478 e. The third kappa shape index (κ3) is 1.93. The van der Waals surface area contributed by atoms with Crippen LogP contribution in [0, 0.1) is 0 Å². The Bertz CT molecular complexity index is 648. The number of carbonyl (C=O) groups excluding carboxylic acids is 1. The van der Waals surface area contributed by atoms with E-state index in [1.54, 1.807) is 25.1 Å². The van der Waals surface area contributed by atoms with Crippen molar-refractivity contribution in [2.24, 2.45) is 5.73 Å². The summed E-state index contributed by atoms with van der Waals surface area (Å²) in [6, 6.07) is 4.20.